The summed E-state index contributed by atoms with van der Waals surface area (Å²) in [7, 11) is 0. The first-order chi connectivity index (χ1) is 13.1. The van der Waals surface area contributed by atoms with Crippen molar-refractivity contribution in [2.75, 3.05) is 5.01 Å². The van der Waals surface area contributed by atoms with Crippen molar-refractivity contribution in [3.8, 4) is 11.1 Å². The maximum Gasteiger partial charge on any atom is 0.280 e. The predicted octanol–water partition coefficient (Wildman–Crippen LogP) is 5.55. The highest BCUT2D eigenvalue weighted by Crippen LogP contribution is 2.30. The maximum absolute atomic E-state index is 13.0. The average Bonchev–Trinajstić information content (AvgIpc) is 3.03. The van der Waals surface area contributed by atoms with Gasteiger partial charge in [0.25, 0.3) is 5.91 Å². The van der Waals surface area contributed by atoms with Gasteiger partial charge in [0, 0.05) is 0 Å². The van der Waals surface area contributed by atoms with Crippen LogP contribution in [0.5, 0.6) is 0 Å². The number of nitrogens with zero attached hydrogens (tertiary/aromatic N) is 2. The second-order valence-electron chi connectivity index (χ2n) is 6.58. The van der Waals surface area contributed by atoms with E-state index >= 15 is 0 Å². The van der Waals surface area contributed by atoms with Gasteiger partial charge in [-0.05, 0) is 48.2 Å². The van der Waals surface area contributed by atoms with Gasteiger partial charge in [0.15, 0.2) is 0 Å². The minimum Gasteiger partial charge on any atom is -0.267 e. The third kappa shape index (κ3) is 3.20. The number of allylic oxidation sites excluding steroid dienone is 1. The Labute approximate surface area is 159 Å². The number of carbonyl (C=O) groups is 1. The van der Waals surface area contributed by atoms with E-state index < -0.39 is 0 Å². The summed E-state index contributed by atoms with van der Waals surface area (Å²) in [5, 5.41) is 5.95. The molecule has 3 aromatic rings. The molecule has 4 rings (SSSR count). The number of hydrogen-bond acceptors (Lipinski definition) is 2. The molecule has 0 aliphatic carbocycles. The van der Waals surface area contributed by atoms with E-state index in [-0.39, 0.29) is 5.91 Å². The van der Waals surface area contributed by atoms with Crippen LogP contribution in [0.15, 0.2) is 95.6 Å². The Morgan fingerprint density at radius 2 is 1.33 bits per heavy atom. The van der Waals surface area contributed by atoms with Crippen LogP contribution in [0, 0.1) is 0 Å². The highest BCUT2D eigenvalue weighted by molar-refractivity contribution is 6.33. The fraction of sp³-hybridized carbons (Fsp3) is 0.0833. The fourth-order valence-corrected chi connectivity index (χ4v) is 3.37. The van der Waals surface area contributed by atoms with E-state index in [1.54, 1.807) is 0 Å². The highest BCUT2D eigenvalue weighted by atomic mass is 16.2. The number of carbonyl (C=O) groups excluding carboxylic acids is 1. The molecule has 3 nitrogen and oxygen atoms in total. The number of rotatable bonds is 3. The van der Waals surface area contributed by atoms with E-state index in [0.29, 0.717) is 5.57 Å². The molecule has 0 saturated heterocycles. The van der Waals surface area contributed by atoms with Gasteiger partial charge in [-0.25, -0.2) is 0 Å². The molecule has 0 atom stereocenters. The number of benzene rings is 3. The second kappa shape index (κ2) is 7.04. The van der Waals surface area contributed by atoms with Crippen molar-refractivity contribution >= 4 is 22.9 Å². The number of anilines is 1. The summed E-state index contributed by atoms with van der Waals surface area (Å²) >= 11 is 0. The molecular formula is C24H20N2O. The van der Waals surface area contributed by atoms with Crippen molar-refractivity contribution in [1.29, 1.82) is 0 Å². The normalized spacial score (nSPS) is 15.7. The van der Waals surface area contributed by atoms with E-state index in [1.807, 2.05) is 62.4 Å². The van der Waals surface area contributed by atoms with Crippen molar-refractivity contribution in [3.05, 3.63) is 96.1 Å². The van der Waals surface area contributed by atoms with Gasteiger partial charge < -0.3 is 0 Å². The van der Waals surface area contributed by atoms with E-state index in [9.17, 15) is 4.79 Å². The Hall–Kier alpha value is -3.46. The summed E-state index contributed by atoms with van der Waals surface area (Å²) in [6.45, 7) is 3.87. The van der Waals surface area contributed by atoms with Crippen LogP contribution in [-0.2, 0) is 4.79 Å². The van der Waals surface area contributed by atoms with Gasteiger partial charge in [-0.15, -0.1) is 0 Å². The lowest BCUT2D eigenvalue weighted by Crippen LogP contribution is -2.21. The first kappa shape index (κ1) is 17.0. The smallest absolute Gasteiger partial charge is 0.267 e. The van der Waals surface area contributed by atoms with Crippen LogP contribution >= 0.6 is 0 Å². The lowest BCUT2D eigenvalue weighted by atomic mass is 9.96. The SMILES string of the molecule is CC1=NN(c2ccccc2)C(=O)/C1=C(\C)c1ccc(-c2ccccc2)cc1. The Balaban J connectivity index is 1.67. The zero-order chi connectivity index (χ0) is 18.8. The number of hydrogen-bond donors (Lipinski definition) is 0. The maximum atomic E-state index is 13.0. The molecule has 1 heterocycles. The van der Waals surface area contributed by atoms with Gasteiger partial charge in [-0.2, -0.15) is 10.1 Å². The molecule has 0 N–H and O–H groups in total. The van der Waals surface area contributed by atoms with Gasteiger partial charge in [0.1, 0.15) is 0 Å². The van der Waals surface area contributed by atoms with E-state index in [2.05, 4.69) is 41.5 Å². The van der Waals surface area contributed by atoms with E-state index in [0.717, 1.165) is 28.1 Å². The lowest BCUT2D eigenvalue weighted by Gasteiger charge is -2.12. The molecule has 0 spiro atoms. The monoisotopic (exact) mass is 352 g/mol. The fourth-order valence-electron chi connectivity index (χ4n) is 3.37. The molecule has 132 valence electrons. The number of amides is 1. The summed E-state index contributed by atoms with van der Waals surface area (Å²) in [6, 6.07) is 28.1. The molecule has 3 aromatic carbocycles. The van der Waals surface area contributed by atoms with Crippen LogP contribution in [0.25, 0.3) is 16.7 Å². The molecular weight excluding hydrogens is 332 g/mol. The first-order valence-corrected chi connectivity index (χ1v) is 8.97. The molecule has 0 saturated carbocycles. The standard InChI is InChI=1S/C24H20N2O/c1-17(19-13-15-21(16-14-19)20-9-5-3-6-10-20)23-18(2)25-26(24(23)27)22-11-7-4-8-12-22/h3-16H,1-2H3/b23-17+. The van der Waals surface area contributed by atoms with Crippen molar-refractivity contribution in [1.82, 2.24) is 0 Å². The number of para-hydroxylation sites is 1. The van der Waals surface area contributed by atoms with Gasteiger partial charge in [-0.1, -0.05) is 72.8 Å². The third-order valence-electron chi connectivity index (χ3n) is 4.82. The Kier molecular flexibility index (Phi) is 4.43. The molecule has 0 aromatic heterocycles. The minimum absolute atomic E-state index is 0.0802. The Morgan fingerprint density at radius 1 is 0.778 bits per heavy atom. The van der Waals surface area contributed by atoms with Gasteiger partial charge >= 0.3 is 0 Å². The molecule has 1 amide bonds. The second-order valence-corrected chi connectivity index (χ2v) is 6.58. The molecule has 1 aliphatic rings. The average molecular weight is 352 g/mol. The van der Waals surface area contributed by atoms with Crippen LogP contribution in [-0.4, -0.2) is 11.6 Å². The quantitative estimate of drug-likeness (QED) is 0.569. The predicted molar refractivity (Wildman–Crippen MR) is 112 cm³/mol. The number of hydrazone groups is 1. The molecule has 27 heavy (non-hydrogen) atoms. The molecule has 0 fully saturated rings. The topological polar surface area (TPSA) is 32.7 Å². The largest absolute Gasteiger partial charge is 0.280 e. The summed E-state index contributed by atoms with van der Waals surface area (Å²) in [4.78, 5) is 13.0. The van der Waals surface area contributed by atoms with Crippen molar-refractivity contribution < 1.29 is 4.79 Å². The molecule has 0 unspecified atom stereocenters. The highest BCUT2D eigenvalue weighted by Gasteiger charge is 2.30. The molecule has 0 radical (unpaired) electrons. The lowest BCUT2D eigenvalue weighted by molar-refractivity contribution is -0.114. The first-order valence-electron chi connectivity index (χ1n) is 8.97. The minimum atomic E-state index is -0.0802. The Bertz CT molecular complexity index is 1030. The molecule has 0 bridgehead atoms. The van der Waals surface area contributed by atoms with Gasteiger partial charge in [0.05, 0.1) is 17.0 Å². The molecule has 3 heteroatoms. The van der Waals surface area contributed by atoms with E-state index in [4.69, 9.17) is 0 Å². The van der Waals surface area contributed by atoms with Gasteiger partial charge in [-0.3, -0.25) is 4.79 Å². The summed E-state index contributed by atoms with van der Waals surface area (Å²) in [6.07, 6.45) is 0. The Morgan fingerprint density at radius 3 is 1.96 bits per heavy atom. The summed E-state index contributed by atoms with van der Waals surface area (Å²) < 4.78 is 0. The third-order valence-corrected chi connectivity index (χ3v) is 4.82. The van der Waals surface area contributed by atoms with E-state index in [1.165, 1.54) is 10.6 Å². The van der Waals surface area contributed by atoms with Crippen molar-refractivity contribution in [3.63, 3.8) is 0 Å². The summed E-state index contributed by atoms with van der Waals surface area (Å²) in [5.41, 5.74) is 6.51. The zero-order valence-corrected chi connectivity index (χ0v) is 15.4. The zero-order valence-electron chi connectivity index (χ0n) is 15.4. The van der Waals surface area contributed by atoms with Crippen molar-refractivity contribution in [2.45, 2.75) is 13.8 Å². The van der Waals surface area contributed by atoms with Gasteiger partial charge in [0.2, 0.25) is 0 Å². The molecule has 1 aliphatic heterocycles. The van der Waals surface area contributed by atoms with Crippen LogP contribution in [0.2, 0.25) is 0 Å². The van der Waals surface area contributed by atoms with Crippen LogP contribution < -0.4 is 5.01 Å². The van der Waals surface area contributed by atoms with Crippen LogP contribution in [0.3, 0.4) is 0 Å². The summed E-state index contributed by atoms with van der Waals surface area (Å²) in [5.74, 6) is -0.0802. The van der Waals surface area contributed by atoms with Crippen LogP contribution in [0.1, 0.15) is 19.4 Å². The van der Waals surface area contributed by atoms with Crippen LogP contribution in [0.4, 0.5) is 5.69 Å². The van der Waals surface area contributed by atoms with Crippen molar-refractivity contribution in [2.24, 2.45) is 5.10 Å².